The third kappa shape index (κ3) is 2.58. The van der Waals surface area contributed by atoms with Crippen LogP contribution in [0.25, 0.3) is 0 Å². The number of rotatable bonds is 0. The van der Waals surface area contributed by atoms with Gasteiger partial charge in [-0.3, -0.25) is 0 Å². The van der Waals surface area contributed by atoms with Gasteiger partial charge in [0.15, 0.2) is 5.79 Å². The standard InChI is InChI=1S/C25H38O4/c1-22-10-11-25(28-13-14-29-25)15-17(22)5-6-18-19-7-8-20-24(19,9-3-4-12-27-20)16-23(2,26)21(18)22/h5,18-21,26H,3-4,6-16H2,1-2H3/t18-,19-,20-,21-,22-,23-,24-/m0/s1. The fourth-order valence-electron chi connectivity index (χ4n) is 9.30. The molecule has 6 rings (SSSR count). The van der Waals surface area contributed by atoms with Crippen LogP contribution in [0.5, 0.6) is 0 Å². The molecule has 0 aromatic heterocycles. The molecule has 4 nitrogen and oxygen atoms in total. The summed E-state index contributed by atoms with van der Waals surface area (Å²) in [6, 6.07) is 0. The molecule has 0 bridgehead atoms. The van der Waals surface area contributed by atoms with E-state index in [2.05, 4.69) is 19.9 Å². The van der Waals surface area contributed by atoms with Crippen LogP contribution >= 0.6 is 0 Å². The molecule has 0 radical (unpaired) electrons. The Hall–Kier alpha value is -0.420. The summed E-state index contributed by atoms with van der Waals surface area (Å²) in [7, 11) is 0. The van der Waals surface area contributed by atoms with Crippen molar-refractivity contribution in [2.45, 2.75) is 95.5 Å². The normalized spacial score (nSPS) is 53.4. The second-order valence-electron chi connectivity index (χ2n) is 11.6. The Morgan fingerprint density at radius 1 is 1.00 bits per heavy atom. The molecule has 2 heterocycles. The number of fused-ring (bicyclic) bond motifs is 4. The lowest BCUT2D eigenvalue weighted by molar-refractivity contribution is -0.218. The van der Waals surface area contributed by atoms with Gasteiger partial charge in [-0.05, 0) is 75.0 Å². The van der Waals surface area contributed by atoms with Crippen LogP contribution < -0.4 is 0 Å². The third-order valence-corrected chi connectivity index (χ3v) is 10.1. The predicted octanol–water partition coefficient (Wildman–Crippen LogP) is 4.60. The highest BCUT2D eigenvalue weighted by Crippen LogP contribution is 2.70. The van der Waals surface area contributed by atoms with E-state index in [1.165, 1.54) is 37.7 Å². The van der Waals surface area contributed by atoms with Crippen molar-refractivity contribution in [1.29, 1.82) is 0 Å². The molecule has 3 saturated carbocycles. The van der Waals surface area contributed by atoms with Gasteiger partial charge in [0.25, 0.3) is 0 Å². The molecule has 2 aliphatic heterocycles. The maximum absolute atomic E-state index is 12.1. The van der Waals surface area contributed by atoms with Crippen molar-refractivity contribution >= 4 is 0 Å². The molecule has 29 heavy (non-hydrogen) atoms. The molecular formula is C25H38O4. The molecule has 0 unspecified atom stereocenters. The minimum Gasteiger partial charge on any atom is -0.390 e. The Labute approximate surface area is 175 Å². The molecule has 4 aliphatic carbocycles. The highest BCUT2D eigenvalue weighted by Gasteiger charge is 2.67. The lowest BCUT2D eigenvalue weighted by Gasteiger charge is -2.64. The first-order valence-corrected chi connectivity index (χ1v) is 12.2. The van der Waals surface area contributed by atoms with Gasteiger partial charge < -0.3 is 19.3 Å². The average Bonchev–Trinajstić information content (AvgIpc) is 3.21. The fraction of sp³-hybridized carbons (Fsp3) is 0.920. The lowest BCUT2D eigenvalue weighted by atomic mass is 9.43. The van der Waals surface area contributed by atoms with E-state index in [0.29, 0.717) is 23.9 Å². The van der Waals surface area contributed by atoms with Crippen molar-refractivity contribution in [2.24, 2.45) is 28.6 Å². The van der Waals surface area contributed by atoms with Gasteiger partial charge in [0.1, 0.15) is 0 Å². The van der Waals surface area contributed by atoms with Gasteiger partial charge in [-0.15, -0.1) is 0 Å². The number of hydrogen-bond donors (Lipinski definition) is 1. The second kappa shape index (κ2) is 6.31. The van der Waals surface area contributed by atoms with Crippen LogP contribution in [0.2, 0.25) is 0 Å². The summed E-state index contributed by atoms with van der Waals surface area (Å²) in [6.07, 6.45) is 14.0. The summed E-state index contributed by atoms with van der Waals surface area (Å²) in [5.41, 5.74) is 1.14. The average molecular weight is 403 g/mol. The summed E-state index contributed by atoms with van der Waals surface area (Å²) in [5.74, 6) is 1.25. The van der Waals surface area contributed by atoms with E-state index in [1.807, 2.05) is 0 Å². The Kier molecular flexibility index (Phi) is 4.19. The first-order chi connectivity index (χ1) is 13.9. The fourth-order valence-corrected chi connectivity index (χ4v) is 9.30. The van der Waals surface area contributed by atoms with Crippen LogP contribution in [0.1, 0.15) is 78.1 Å². The van der Waals surface area contributed by atoms with Crippen molar-refractivity contribution in [3.63, 3.8) is 0 Å². The Balaban J connectivity index is 1.38. The molecular weight excluding hydrogens is 364 g/mol. The minimum absolute atomic E-state index is 0.0677. The molecule has 5 fully saturated rings. The number of aliphatic hydroxyl groups is 1. The maximum Gasteiger partial charge on any atom is 0.172 e. The quantitative estimate of drug-likeness (QED) is 0.602. The molecule has 7 atom stereocenters. The summed E-state index contributed by atoms with van der Waals surface area (Å²) in [5, 5.41) is 12.1. The van der Waals surface area contributed by atoms with Gasteiger partial charge in [0.2, 0.25) is 0 Å². The topological polar surface area (TPSA) is 47.9 Å². The Bertz CT molecular complexity index is 708. The monoisotopic (exact) mass is 402 g/mol. The van der Waals surface area contributed by atoms with Crippen molar-refractivity contribution in [3.05, 3.63) is 11.6 Å². The second-order valence-corrected chi connectivity index (χ2v) is 11.6. The molecule has 2 spiro atoms. The zero-order valence-corrected chi connectivity index (χ0v) is 18.3. The van der Waals surface area contributed by atoms with Crippen LogP contribution in [0, 0.1) is 28.6 Å². The van der Waals surface area contributed by atoms with Crippen molar-refractivity contribution in [3.8, 4) is 0 Å². The van der Waals surface area contributed by atoms with E-state index in [9.17, 15) is 5.11 Å². The third-order valence-electron chi connectivity index (χ3n) is 10.1. The van der Waals surface area contributed by atoms with Crippen molar-refractivity contribution < 1.29 is 19.3 Å². The summed E-state index contributed by atoms with van der Waals surface area (Å²) < 4.78 is 18.5. The van der Waals surface area contributed by atoms with Crippen molar-refractivity contribution in [1.82, 2.24) is 0 Å². The molecule has 2 saturated heterocycles. The van der Waals surface area contributed by atoms with Gasteiger partial charge in [-0.2, -0.15) is 0 Å². The SMILES string of the molecule is C[C@]1(O)C[C@]23CCCCO[C@H]2CC[C@H]3[C@@H]2CC=C3CC4(CC[C@]3(C)[C@H]21)OCCO4. The van der Waals surface area contributed by atoms with E-state index in [4.69, 9.17) is 14.2 Å². The van der Waals surface area contributed by atoms with Crippen LogP contribution in [0.15, 0.2) is 11.6 Å². The zero-order valence-electron chi connectivity index (χ0n) is 18.3. The lowest BCUT2D eigenvalue weighted by Crippen LogP contribution is -2.63. The highest BCUT2D eigenvalue weighted by molar-refractivity contribution is 5.29. The molecule has 162 valence electrons. The highest BCUT2D eigenvalue weighted by atomic mass is 16.7. The molecule has 4 heteroatoms. The van der Waals surface area contributed by atoms with E-state index < -0.39 is 5.60 Å². The molecule has 0 aromatic carbocycles. The molecule has 1 N–H and O–H groups in total. The zero-order chi connectivity index (χ0) is 19.9. The largest absolute Gasteiger partial charge is 0.390 e. The Morgan fingerprint density at radius 3 is 2.66 bits per heavy atom. The number of ether oxygens (including phenoxy) is 3. The minimum atomic E-state index is -0.631. The first-order valence-electron chi connectivity index (χ1n) is 12.2. The van der Waals surface area contributed by atoms with Crippen LogP contribution in [-0.4, -0.2) is 42.4 Å². The number of allylic oxidation sites excluding steroid dienone is 1. The summed E-state index contributed by atoms with van der Waals surface area (Å²) in [6.45, 7) is 6.97. The van der Waals surface area contributed by atoms with E-state index >= 15 is 0 Å². The van der Waals surface area contributed by atoms with Gasteiger partial charge in [0.05, 0.1) is 24.9 Å². The van der Waals surface area contributed by atoms with Crippen LogP contribution in [0.3, 0.4) is 0 Å². The molecule has 0 amide bonds. The van der Waals surface area contributed by atoms with Gasteiger partial charge in [-0.25, -0.2) is 0 Å². The van der Waals surface area contributed by atoms with Gasteiger partial charge in [-0.1, -0.05) is 25.0 Å². The van der Waals surface area contributed by atoms with Crippen LogP contribution in [0.4, 0.5) is 0 Å². The van der Waals surface area contributed by atoms with Crippen LogP contribution in [-0.2, 0) is 14.2 Å². The van der Waals surface area contributed by atoms with Crippen molar-refractivity contribution in [2.75, 3.05) is 19.8 Å². The number of hydrogen-bond acceptors (Lipinski definition) is 4. The van der Waals surface area contributed by atoms with E-state index in [0.717, 1.165) is 51.9 Å². The molecule has 0 aromatic rings. The van der Waals surface area contributed by atoms with Gasteiger partial charge in [0, 0.05) is 24.9 Å². The molecule has 6 aliphatic rings. The summed E-state index contributed by atoms with van der Waals surface area (Å²) >= 11 is 0. The predicted molar refractivity (Wildman–Crippen MR) is 110 cm³/mol. The maximum atomic E-state index is 12.1. The Morgan fingerprint density at radius 2 is 1.83 bits per heavy atom. The first kappa shape index (κ1) is 19.3. The van der Waals surface area contributed by atoms with E-state index in [1.54, 1.807) is 0 Å². The smallest absolute Gasteiger partial charge is 0.172 e. The summed E-state index contributed by atoms with van der Waals surface area (Å²) in [4.78, 5) is 0. The van der Waals surface area contributed by atoms with Gasteiger partial charge >= 0.3 is 0 Å². The van der Waals surface area contributed by atoms with E-state index in [-0.39, 0.29) is 16.6 Å².